The molecular weight excluding hydrogens is 458 g/mol. The van der Waals surface area contributed by atoms with Gasteiger partial charge >= 0.3 is 0 Å². The number of Topliss-reactive ketones (excluding diaryl/α,β-unsaturated/α-hetero) is 1. The molecule has 1 aliphatic rings. The average Bonchev–Trinajstić information content (AvgIpc) is 3.33. The van der Waals surface area contributed by atoms with Gasteiger partial charge in [0.25, 0.3) is 11.8 Å². The highest BCUT2D eigenvalue weighted by Crippen LogP contribution is 2.34. The summed E-state index contributed by atoms with van der Waals surface area (Å²) in [5.74, 6) is 0.293. The lowest BCUT2D eigenvalue weighted by Gasteiger charge is -2.29. The Kier molecular flexibility index (Phi) is 7.51. The van der Waals surface area contributed by atoms with Gasteiger partial charge in [-0.3, -0.25) is 19.3 Å². The van der Waals surface area contributed by atoms with Crippen molar-refractivity contribution in [3.8, 4) is 11.5 Å². The number of thiazole rings is 1. The maximum absolute atomic E-state index is 12.7. The Balaban J connectivity index is 1.47. The average molecular weight is 482 g/mol. The molecule has 9 nitrogen and oxygen atoms in total. The van der Waals surface area contributed by atoms with Crippen molar-refractivity contribution in [1.82, 2.24) is 10.3 Å². The molecule has 2 aromatic carbocycles. The number of aromatic nitrogens is 1. The standard InChI is InChI=1S/C24H23N3O6S/c1-31-10-9-25-24(30)18-15-34-22(26-18)12-27-19-11-16(7-8-21(19)33-14-23(27)29)20(28)13-32-17-5-3-2-4-6-17/h2-8,11,15H,9-10,12-14H2,1H3,(H,25,30). The van der Waals surface area contributed by atoms with E-state index in [0.29, 0.717) is 40.9 Å². The molecule has 1 N–H and O–H groups in total. The number of nitrogens with zero attached hydrogens (tertiary/aromatic N) is 2. The Hall–Kier alpha value is -3.76. The van der Waals surface area contributed by atoms with Crippen LogP contribution in [-0.2, 0) is 16.1 Å². The molecule has 1 aromatic heterocycles. The summed E-state index contributed by atoms with van der Waals surface area (Å²) in [6.07, 6.45) is 0. The van der Waals surface area contributed by atoms with Crippen LogP contribution >= 0.6 is 11.3 Å². The summed E-state index contributed by atoms with van der Waals surface area (Å²) in [6.45, 7) is 0.684. The third-order valence-corrected chi connectivity index (χ3v) is 5.84. The summed E-state index contributed by atoms with van der Waals surface area (Å²) in [4.78, 5) is 43.4. The third kappa shape index (κ3) is 5.59. The number of rotatable bonds is 10. The summed E-state index contributed by atoms with van der Waals surface area (Å²) in [7, 11) is 1.56. The lowest BCUT2D eigenvalue weighted by atomic mass is 10.1. The van der Waals surface area contributed by atoms with E-state index >= 15 is 0 Å². The molecule has 176 valence electrons. The number of methoxy groups -OCH3 is 1. The van der Waals surface area contributed by atoms with E-state index in [1.807, 2.05) is 18.2 Å². The van der Waals surface area contributed by atoms with Gasteiger partial charge in [-0.25, -0.2) is 4.98 Å². The van der Waals surface area contributed by atoms with Crippen LogP contribution in [0.15, 0.2) is 53.9 Å². The molecule has 1 aliphatic heterocycles. The second-order valence-electron chi connectivity index (χ2n) is 7.35. The normalized spacial score (nSPS) is 12.6. The van der Waals surface area contributed by atoms with Gasteiger partial charge in [0.05, 0.1) is 18.8 Å². The molecule has 34 heavy (non-hydrogen) atoms. The van der Waals surface area contributed by atoms with E-state index in [2.05, 4.69) is 10.3 Å². The maximum atomic E-state index is 12.7. The summed E-state index contributed by atoms with van der Waals surface area (Å²) < 4.78 is 16.0. The van der Waals surface area contributed by atoms with Gasteiger partial charge in [-0.15, -0.1) is 11.3 Å². The summed E-state index contributed by atoms with van der Waals surface area (Å²) in [6, 6.07) is 14.0. The molecule has 0 atom stereocenters. The van der Waals surface area contributed by atoms with Crippen LogP contribution in [0.25, 0.3) is 0 Å². The summed E-state index contributed by atoms with van der Waals surface area (Å²) >= 11 is 1.28. The van der Waals surface area contributed by atoms with Crippen molar-refractivity contribution in [2.24, 2.45) is 0 Å². The summed E-state index contributed by atoms with van der Waals surface area (Å²) in [5.41, 5.74) is 1.15. The molecule has 10 heteroatoms. The van der Waals surface area contributed by atoms with Crippen molar-refractivity contribution in [2.75, 3.05) is 38.4 Å². The molecule has 0 radical (unpaired) electrons. The van der Waals surface area contributed by atoms with E-state index in [1.54, 1.807) is 42.8 Å². The minimum Gasteiger partial charge on any atom is -0.485 e. The van der Waals surface area contributed by atoms with Gasteiger partial charge in [0.15, 0.2) is 19.0 Å². The lowest BCUT2D eigenvalue weighted by Crippen LogP contribution is -2.38. The summed E-state index contributed by atoms with van der Waals surface area (Å²) in [5, 5.41) is 4.94. The lowest BCUT2D eigenvalue weighted by molar-refractivity contribution is -0.121. The van der Waals surface area contributed by atoms with Crippen LogP contribution in [0.4, 0.5) is 5.69 Å². The zero-order valence-electron chi connectivity index (χ0n) is 18.5. The van der Waals surface area contributed by atoms with Crippen molar-refractivity contribution >= 4 is 34.6 Å². The minimum atomic E-state index is -0.306. The second-order valence-corrected chi connectivity index (χ2v) is 8.29. The van der Waals surface area contributed by atoms with Crippen LogP contribution in [0.3, 0.4) is 0 Å². The molecule has 0 aliphatic carbocycles. The van der Waals surface area contributed by atoms with Crippen molar-refractivity contribution in [3.63, 3.8) is 0 Å². The zero-order valence-corrected chi connectivity index (χ0v) is 19.3. The highest BCUT2D eigenvalue weighted by atomic mass is 32.1. The molecule has 0 bridgehead atoms. The van der Waals surface area contributed by atoms with E-state index in [4.69, 9.17) is 14.2 Å². The molecule has 0 unspecified atom stereocenters. The Labute approximate surface area is 200 Å². The minimum absolute atomic E-state index is 0.118. The van der Waals surface area contributed by atoms with Crippen LogP contribution in [0.2, 0.25) is 0 Å². The Morgan fingerprint density at radius 3 is 2.82 bits per heavy atom. The van der Waals surface area contributed by atoms with E-state index < -0.39 is 0 Å². The predicted octanol–water partition coefficient (Wildman–Crippen LogP) is 2.71. The highest BCUT2D eigenvalue weighted by molar-refractivity contribution is 7.09. The number of amides is 2. The van der Waals surface area contributed by atoms with E-state index in [-0.39, 0.29) is 43.1 Å². The number of anilines is 1. The number of carbonyl (C=O) groups is 3. The van der Waals surface area contributed by atoms with Gasteiger partial charge in [0, 0.05) is 24.6 Å². The number of ether oxygens (including phenoxy) is 3. The molecule has 0 fully saturated rings. The first kappa shape index (κ1) is 23.4. The number of nitrogens with one attached hydrogen (secondary N) is 1. The maximum Gasteiger partial charge on any atom is 0.270 e. The largest absolute Gasteiger partial charge is 0.485 e. The van der Waals surface area contributed by atoms with Gasteiger partial charge in [0.2, 0.25) is 0 Å². The molecule has 0 saturated heterocycles. The first-order chi connectivity index (χ1) is 16.5. The first-order valence-corrected chi connectivity index (χ1v) is 11.4. The van der Waals surface area contributed by atoms with E-state index in [0.717, 1.165) is 0 Å². The number of fused-ring (bicyclic) bond motifs is 1. The van der Waals surface area contributed by atoms with E-state index in [1.165, 1.54) is 16.2 Å². The van der Waals surface area contributed by atoms with E-state index in [9.17, 15) is 14.4 Å². The quantitative estimate of drug-likeness (QED) is 0.350. The van der Waals surface area contributed by atoms with Crippen LogP contribution in [-0.4, -0.2) is 56.1 Å². The number of hydrogen-bond acceptors (Lipinski definition) is 8. The zero-order chi connectivity index (χ0) is 23.9. The highest BCUT2D eigenvalue weighted by Gasteiger charge is 2.28. The van der Waals surface area contributed by atoms with Gasteiger partial charge < -0.3 is 19.5 Å². The van der Waals surface area contributed by atoms with Crippen LogP contribution < -0.4 is 19.7 Å². The molecule has 4 rings (SSSR count). The third-order valence-electron chi connectivity index (χ3n) is 5.01. The fraction of sp³-hybridized carbons (Fsp3) is 0.250. The molecule has 2 heterocycles. The smallest absolute Gasteiger partial charge is 0.270 e. The Morgan fingerprint density at radius 1 is 1.21 bits per heavy atom. The number of hydrogen-bond donors (Lipinski definition) is 1. The van der Waals surface area contributed by atoms with Gasteiger partial charge in [-0.05, 0) is 30.3 Å². The SMILES string of the molecule is COCCNC(=O)c1csc(CN2C(=O)COc3ccc(C(=O)COc4ccccc4)cc32)n1. The van der Waals surface area contributed by atoms with Crippen LogP contribution in [0, 0.1) is 0 Å². The van der Waals surface area contributed by atoms with Crippen molar-refractivity contribution < 1.29 is 28.6 Å². The monoisotopic (exact) mass is 481 g/mol. The van der Waals surface area contributed by atoms with Gasteiger partial charge in [-0.1, -0.05) is 18.2 Å². The Bertz CT molecular complexity index is 1180. The predicted molar refractivity (Wildman–Crippen MR) is 126 cm³/mol. The number of ketones is 1. The molecule has 3 aromatic rings. The van der Waals surface area contributed by atoms with Crippen LogP contribution in [0.1, 0.15) is 25.9 Å². The molecule has 0 saturated carbocycles. The fourth-order valence-electron chi connectivity index (χ4n) is 3.28. The number of para-hydroxylation sites is 1. The van der Waals surface area contributed by atoms with Gasteiger partial charge in [0.1, 0.15) is 22.2 Å². The van der Waals surface area contributed by atoms with Crippen molar-refractivity contribution in [1.29, 1.82) is 0 Å². The molecule has 2 amide bonds. The molecule has 0 spiro atoms. The number of benzene rings is 2. The first-order valence-electron chi connectivity index (χ1n) is 10.5. The fourth-order valence-corrected chi connectivity index (χ4v) is 4.04. The van der Waals surface area contributed by atoms with Crippen molar-refractivity contribution in [2.45, 2.75) is 6.54 Å². The van der Waals surface area contributed by atoms with Gasteiger partial charge in [-0.2, -0.15) is 0 Å². The topological polar surface area (TPSA) is 107 Å². The Morgan fingerprint density at radius 2 is 2.03 bits per heavy atom. The van der Waals surface area contributed by atoms with Crippen LogP contribution in [0.5, 0.6) is 11.5 Å². The second kappa shape index (κ2) is 10.9. The number of carbonyl (C=O) groups excluding carboxylic acids is 3. The molecular formula is C24H23N3O6S. The van der Waals surface area contributed by atoms with Crippen molar-refractivity contribution in [3.05, 3.63) is 70.2 Å².